The Balaban J connectivity index is 1.65. The maximum Gasteiger partial charge on any atom is 0.163 e. The summed E-state index contributed by atoms with van der Waals surface area (Å²) in [5, 5.41) is 3.68. The lowest BCUT2D eigenvalue weighted by atomic mass is 9.79. The Bertz CT molecular complexity index is 458. The van der Waals surface area contributed by atoms with Gasteiger partial charge in [0, 0.05) is 17.8 Å². The van der Waals surface area contributed by atoms with Crippen LogP contribution in [0.2, 0.25) is 0 Å². The van der Waals surface area contributed by atoms with E-state index < -0.39 is 0 Å². The minimum Gasteiger partial charge on any atom is -0.486 e. The molecule has 1 aromatic carbocycles. The van der Waals surface area contributed by atoms with Crippen molar-refractivity contribution in [2.24, 2.45) is 11.8 Å². The van der Waals surface area contributed by atoms with Gasteiger partial charge in [-0.25, -0.2) is 0 Å². The smallest absolute Gasteiger partial charge is 0.163 e. The molecule has 1 saturated carbocycles. The van der Waals surface area contributed by atoms with Crippen LogP contribution in [0.15, 0.2) is 18.2 Å². The Labute approximate surface area is 121 Å². The molecule has 0 spiro atoms. The first-order chi connectivity index (χ1) is 9.72. The molecular formula is C17H25NO2. The zero-order valence-electron chi connectivity index (χ0n) is 12.5. The van der Waals surface area contributed by atoms with E-state index in [1.807, 2.05) is 6.07 Å². The summed E-state index contributed by atoms with van der Waals surface area (Å²) >= 11 is 0. The van der Waals surface area contributed by atoms with E-state index in [0.717, 1.165) is 29.0 Å². The van der Waals surface area contributed by atoms with Gasteiger partial charge in [-0.3, -0.25) is 0 Å². The SMILES string of the molecule is CC(C)C1CCCC(Nc2ccc3c(c2)OCCO3)C1. The number of hydrogen-bond donors (Lipinski definition) is 1. The molecule has 1 aliphatic heterocycles. The number of fused-ring (bicyclic) bond motifs is 1. The van der Waals surface area contributed by atoms with Crippen LogP contribution in [0, 0.1) is 11.8 Å². The van der Waals surface area contributed by atoms with Crippen molar-refractivity contribution in [1.82, 2.24) is 0 Å². The van der Waals surface area contributed by atoms with Crippen molar-refractivity contribution in [3.05, 3.63) is 18.2 Å². The van der Waals surface area contributed by atoms with E-state index >= 15 is 0 Å². The summed E-state index contributed by atoms with van der Waals surface area (Å²) in [6.45, 7) is 5.99. The molecule has 2 atom stereocenters. The molecule has 1 fully saturated rings. The van der Waals surface area contributed by atoms with Crippen LogP contribution in [0.25, 0.3) is 0 Å². The fourth-order valence-corrected chi connectivity index (χ4v) is 3.33. The minimum atomic E-state index is 0.596. The van der Waals surface area contributed by atoms with Crippen LogP contribution in [0.4, 0.5) is 5.69 Å². The Kier molecular flexibility index (Phi) is 4.04. The van der Waals surface area contributed by atoms with E-state index in [9.17, 15) is 0 Å². The van der Waals surface area contributed by atoms with E-state index in [-0.39, 0.29) is 0 Å². The highest BCUT2D eigenvalue weighted by atomic mass is 16.6. The van der Waals surface area contributed by atoms with Gasteiger partial charge in [-0.05, 0) is 36.8 Å². The highest BCUT2D eigenvalue weighted by molar-refractivity contribution is 5.55. The molecule has 0 bridgehead atoms. The Morgan fingerprint density at radius 3 is 2.70 bits per heavy atom. The maximum atomic E-state index is 5.65. The molecule has 2 aliphatic rings. The predicted molar refractivity (Wildman–Crippen MR) is 81.6 cm³/mol. The minimum absolute atomic E-state index is 0.596. The average molecular weight is 275 g/mol. The highest BCUT2D eigenvalue weighted by Gasteiger charge is 2.24. The summed E-state index contributed by atoms with van der Waals surface area (Å²) in [6, 6.07) is 6.79. The normalized spacial score (nSPS) is 25.6. The predicted octanol–water partition coefficient (Wildman–Crippen LogP) is 4.08. The van der Waals surface area contributed by atoms with E-state index in [2.05, 4.69) is 31.3 Å². The monoisotopic (exact) mass is 275 g/mol. The molecule has 110 valence electrons. The molecule has 3 rings (SSSR count). The van der Waals surface area contributed by atoms with Crippen molar-refractivity contribution in [3.8, 4) is 11.5 Å². The molecule has 3 heteroatoms. The van der Waals surface area contributed by atoms with Gasteiger partial charge in [0.2, 0.25) is 0 Å². The number of benzene rings is 1. The number of nitrogens with one attached hydrogen (secondary N) is 1. The third-order valence-corrected chi connectivity index (χ3v) is 4.57. The molecule has 20 heavy (non-hydrogen) atoms. The fourth-order valence-electron chi connectivity index (χ4n) is 3.33. The van der Waals surface area contributed by atoms with E-state index in [1.165, 1.54) is 25.7 Å². The zero-order valence-corrected chi connectivity index (χ0v) is 12.5. The van der Waals surface area contributed by atoms with Crippen LogP contribution in [0.5, 0.6) is 11.5 Å². The third-order valence-electron chi connectivity index (χ3n) is 4.57. The second kappa shape index (κ2) is 5.94. The standard InChI is InChI=1S/C17H25NO2/c1-12(2)13-4-3-5-14(10-13)18-15-6-7-16-17(11-15)20-9-8-19-16/h6-7,11-14,18H,3-5,8-10H2,1-2H3. The van der Waals surface area contributed by atoms with Crippen molar-refractivity contribution in [2.75, 3.05) is 18.5 Å². The molecule has 0 saturated heterocycles. The third kappa shape index (κ3) is 3.02. The number of rotatable bonds is 3. The van der Waals surface area contributed by atoms with Crippen LogP contribution in [-0.4, -0.2) is 19.3 Å². The summed E-state index contributed by atoms with van der Waals surface area (Å²) in [4.78, 5) is 0. The highest BCUT2D eigenvalue weighted by Crippen LogP contribution is 2.35. The van der Waals surface area contributed by atoms with Crippen molar-refractivity contribution in [3.63, 3.8) is 0 Å². The van der Waals surface area contributed by atoms with Gasteiger partial charge >= 0.3 is 0 Å². The average Bonchev–Trinajstić information content (AvgIpc) is 2.47. The summed E-state index contributed by atoms with van der Waals surface area (Å²) < 4.78 is 11.2. The number of anilines is 1. The summed E-state index contributed by atoms with van der Waals surface area (Å²) in [5.41, 5.74) is 1.16. The first-order valence-corrected chi connectivity index (χ1v) is 7.88. The van der Waals surface area contributed by atoms with Gasteiger partial charge in [-0.2, -0.15) is 0 Å². The lowest BCUT2D eigenvalue weighted by Gasteiger charge is -2.33. The first kappa shape index (κ1) is 13.6. The van der Waals surface area contributed by atoms with E-state index in [4.69, 9.17) is 9.47 Å². The lowest BCUT2D eigenvalue weighted by Crippen LogP contribution is -2.29. The molecule has 2 unspecified atom stereocenters. The van der Waals surface area contributed by atoms with Crippen LogP contribution < -0.4 is 14.8 Å². The second-order valence-corrected chi connectivity index (χ2v) is 6.37. The molecule has 3 nitrogen and oxygen atoms in total. The van der Waals surface area contributed by atoms with Crippen LogP contribution >= 0.6 is 0 Å². The Morgan fingerprint density at radius 1 is 1.10 bits per heavy atom. The van der Waals surface area contributed by atoms with Crippen LogP contribution in [0.3, 0.4) is 0 Å². The molecule has 1 N–H and O–H groups in total. The molecule has 1 heterocycles. The summed E-state index contributed by atoms with van der Waals surface area (Å²) in [7, 11) is 0. The van der Waals surface area contributed by atoms with Crippen molar-refractivity contribution in [2.45, 2.75) is 45.6 Å². The van der Waals surface area contributed by atoms with Gasteiger partial charge in [0.05, 0.1) is 0 Å². The van der Waals surface area contributed by atoms with E-state index in [0.29, 0.717) is 19.3 Å². The largest absolute Gasteiger partial charge is 0.486 e. The number of ether oxygens (including phenoxy) is 2. The molecule has 1 aromatic rings. The van der Waals surface area contributed by atoms with Gasteiger partial charge in [0.25, 0.3) is 0 Å². The Morgan fingerprint density at radius 2 is 1.90 bits per heavy atom. The fraction of sp³-hybridized carbons (Fsp3) is 0.647. The summed E-state index contributed by atoms with van der Waals surface area (Å²) in [5.74, 6) is 3.39. The molecule has 0 aromatic heterocycles. The first-order valence-electron chi connectivity index (χ1n) is 7.88. The molecule has 0 radical (unpaired) electrons. The van der Waals surface area contributed by atoms with Gasteiger partial charge < -0.3 is 14.8 Å². The van der Waals surface area contributed by atoms with E-state index in [1.54, 1.807) is 0 Å². The molecule has 1 aliphatic carbocycles. The molecular weight excluding hydrogens is 250 g/mol. The molecule has 0 amide bonds. The van der Waals surface area contributed by atoms with Gasteiger partial charge in [0.1, 0.15) is 13.2 Å². The number of hydrogen-bond acceptors (Lipinski definition) is 3. The van der Waals surface area contributed by atoms with Gasteiger partial charge in [0.15, 0.2) is 11.5 Å². The summed E-state index contributed by atoms with van der Waals surface area (Å²) in [6.07, 6.45) is 5.28. The van der Waals surface area contributed by atoms with Gasteiger partial charge in [-0.15, -0.1) is 0 Å². The maximum absolute atomic E-state index is 5.65. The Hall–Kier alpha value is -1.38. The van der Waals surface area contributed by atoms with Crippen molar-refractivity contribution < 1.29 is 9.47 Å². The second-order valence-electron chi connectivity index (χ2n) is 6.37. The lowest BCUT2D eigenvalue weighted by molar-refractivity contribution is 0.171. The topological polar surface area (TPSA) is 30.5 Å². The van der Waals surface area contributed by atoms with Crippen molar-refractivity contribution >= 4 is 5.69 Å². The van der Waals surface area contributed by atoms with Crippen LogP contribution in [-0.2, 0) is 0 Å². The van der Waals surface area contributed by atoms with Crippen molar-refractivity contribution in [1.29, 1.82) is 0 Å². The zero-order chi connectivity index (χ0) is 13.9. The van der Waals surface area contributed by atoms with Gasteiger partial charge in [-0.1, -0.05) is 26.7 Å². The quantitative estimate of drug-likeness (QED) is 0.901. The van der Waals surface area contributed by atoms with Crippen LogP contribution in [0.1, 0.15) is 39.5 Å².